The molecule has 0 atom stereocenters. The third-order valence-electron chi connectivity index (χ3n) is 4.71. The van der Waals surface area contributed by atoms with Crippen LogP contribution in [-0.4, -0.2) is 49.0 Å². The number of nitrogens with zero attached hydrogens (tertiary/aromatic N) is 3. The number of amides is 1. The van der Waals surface area contributed by atoms with E-state index in [0.29, 0.717) is 24.4 Å². The minimum absolute atomic E-state index is 0.00362. The van der Waals surface area contributed by atoms with E-state index in [2.05, 4.69) is 4.98 Å². The van der Waals surface area contributed by atoms with Crippen molar-refractivity contribution >= 4 is 15.7 Å². The third kappa shape index (κ3) is 6.87. The first-order valence-corrected chi connectivity index (χ1v) is 12.0. The molecule has 1 heterocycles. The van der Waals surface area contributed by atoms with Crippen molar-refractivity contribution in [3.8, 4) is 0 Å². The molecule has 0 fully saturated rings. The molecule has 0 saturated carbocycles. The maximum Gasteiger partial charge on any atom is 0.228 e. The molecule has 0 N–H and O–H groups in total. The zero-order valence-electron chi connectivity index (χ0n) is 18.8. The molecular weight excluding hydrogens is 421 g/mol. The van der Waals surface area contributed by atoms with Gasteiger partial charge in [-0.15, -0.1) is 0 Å². The van der Waals surface area contributed by atoms with Crippen molar-refractivity contribution in [2.45, 2.75) is 51.7 Å². The second kappa shape index (κ2) is 10.9. The highest BCUT2D eigenvalue weighted by atomic mass is 32.2. The zero-order valence-corrected chi connectivity index (χ0v) is 19.7. The molecule has 31 heavy (non-hydrogen) atoms. The summed E-state index contributed by atoms with van der Waals surface area (Å²) in [6.07, 6.45) is 1.51. The van der Waals surface area contributed by atoms with Gasteiger partial charge in [0, 0.05) is 26.1 Å². The molecule has 172 valence electrons. The Hall–Kier alpha value is -2.26. The van der Waals surface area contributed by atoms with Gasteiger partial charge in [0.2, 0.25) is 20.9 Å². The molecule has 0 saturated heterocycles. The lowest BCUT2D eigenvalue weighted by Gasteiger charge is -2.27. The Bertz CT molecular complexity index is 969. The van der Waals surface area contributed by atoms with Gasteiger partial charge in [-0.2, -0.15) is 0 Å². The fraction of sp³-hybridized carbons (Fsp3) is 0.545. The van der Waals surface area contributed by atoms with Crippen LogP contribution >= 0.6 is 0 Å². The molecule has 0 aliphatic heterocycles. The van der Waals surface area contributed by atoms with Gasteiger partial charge in [-0.1, -0.05) is 39.8 Å². The minimum Gasteiger partial charge on any atom is -0.383 e. The second-order valence-electron chi connectivity index (χ2n) is 8.33. The SMILES string of the molecule is COCCn1c(CN(CC(C)C)C(=O)C(C)C)cnc1S(=O)(=O)Cc1ccc(F)cc1. The third-order valence-corrected chi connectivity index (χ3v) is 6.31. The minimum atomic E-state index is -3.79. The van der Waals surface area contributed by atoms with E-state index < -0.39 is 15.7 Å². The van der Waals surface area contributed by atoms with Crippen molar-refractivity contribution in [3.05, 3.63) is 47.5 Å². The van der Waals surface area contributed by atoms with Crippen molar-refractivity contribution in [1.29, 1.82) is 0 Å². The number of imidazole rings is 1. The molecule has 2 rings (SSSR count). The first kappa shape index (κ1) is 25.0. The van der Waals surface area contributed by atoms with E-state index in [1.165, 1.54) is 37.6 Å². The number of rotatable bonds is 11. The average molecular weight is 454 g/mol. The van der Waals surface area contributed by atoms with Crippen LogP contribution in [0.1, 0.15) is 39.0 Å². The van der Waals surface area contributed by atoms with Gasteiger partial charge in [0.05, 0.1) is 30.8 Å². The highest BCUT2D eigenvalue weighted by molar-refractivity contribution is 7.90. The number of aromatic nitrogens is 2. The summed E-state index contributed by atoms with van der Waals surface area (Å²) in [5.74, 6) is -0.623. The Morgan fingerprint density at radius 3 is 2.39 bits per heavy atom. The number of carbonyl (C=O) groups excluding carboxylic acids is 1. The lowest BCUT2D eigenvalue weighted by atomic mass is 10.1. The van der Waals surface area contributed by atoms with Crippen LogP contribution in [0, 0.1) is 17.7 Å². The van der Waals surface area contributed by atoms with Gasteiger partial charge < -0.3 is 14.2 Å². The normalized spacial score (nSPS) is 12.0. The molecule has 2 aromatic rings. The molecule has 1 aromatic carbocycles. The molecule has 7 nitrogen and oxygen atoms in total. The van der Waals surface area contributed by atoms with Crippen LogP contribution in [-0.2, 0) is 38.2 Å². The Kier molecular flexibility index (Phi) is 8.76. The molecule has 1 amide bonds. The van der Waals surface area contributed by atoms with E-state index in [1.54, 1.807) is 9.47 Å². The van der Waals surface area contributed by atoms with Gasteiger partial charge in [0.25, 0.3) is 0 Å². The van der Waals surface area contributed by atoms with E-state index >= 15 is 0 Å². The Balaban J connectivity index is 2.39. The second-order valence-corrected chi connectivity index (χ2v) is 10.2. The van der Waals surface area contributed by atoms with Crippen LogP contribution in [0.15, 0.2) is 35.6 Å². The maximum absolute atomic E-state index is 13.2. The average Bonchev–Trinajstić information content (AvgIpc) is 3.09. The maximum atomic E-state index is 13.2. The molecule has 0 spiro atoms. The summed E-state index contributed by atoms with van der Waals surface area (Å²) in [6.45, 7) is 9.15. The Labute approximate surface area is 184 Å². The smallest absolute Gasteiger partial charge is 0.228 e. The van der Waals surface area contributed by atoms with Gasteiger partial charge >= 0.3 is 0 Å². The van der Waals surface area contributed by atoms with Crippen LogP contribution in [0.4, 0.5) is 4.39 Å². The van der Waals surface area contributed by atoms with Crippen LogP contribution in [0.3, 0.4) is 0 Å². The van der Waals surface area contributed by atoms with E-state index in [-0.39, 0.29) is 41.7 Å². The van der Waals surface area contributed by atoms with Crippen molar-refractivity contribution in [2.24, 2.45) is 11.8 Å². The molecule has 9 heteroatoms. The van der Waals surface area contributed by atoms with E-state index in [1.807, 2.05) is 27.7 Å². The summed E-state index contributed by atoms with van der Waals surface area (Å²) in [5.41, 5.74) is 1.10. The standard InChI is InChI=1S/C22H32FN3O4S/c1-16(2)13-25(21(27)17(3)4)14-20-12-24-22(26(20)10-11-30-5)31(28,29)15-18-6-8-19(23)9-7-18/h6-9,12,16-17H,10-11,13-15H2,1-5H3. The lowest BCUT2D eigenvalue weighted by molar-refractivity contribution is -0.135. The number of benzene rings is 1. The van der Waals surface area contributed by atoms with E-state index in [0.717, 1.165) is 0 Å². The Morgan fingerprint density at radius 2 is 1.84 bits per heavy atom. The number of sulfone groups is 1. The van der Waals surface area contributed by atoms with Crippen molar-refractivity contribution in [2.75, 3.05) is 20.3 Å². The van der Waals surface area contributed by atoms with Gasteiger partial charge in [-0.3, -0.25) is 4.79 Å². The zero-order chi connectivity index (χ0) is 23.2. The molecule has 0 unspecified atom stereocenters. The van der Waals surface area contributed by atoms with Gasteiger partial charge in [0.15, 0.2) is 0 Å². The first-order valence-electron chi connectivity index (χ1n) is 10.3. The van der Waals surface area contributed by atoms with Crippen LogP contribution < -0.4 is 0 Å². The summed E-state index contributed by atoms with van der Waals surface area (Å²) in [6, 6.07) is 5.35. The van der Waals surface area contributed by atoms with Crippen LogP contribution in [0.5, 0.6) is 0 Å². The predicted octanol–water partition coefficient (Wildman–Crippen LogP) is 3.28. The first-order chi connectivity index (χ1) is 14.5. The van der Waals surface area contributed by atoms with Gasteiger partial charge in [-0.05, 0) is 23.6 Å². The van der Waals surface area contributed by atoms with Crippen LogP contribution in [0.2, 0.25) is 0 Å². The highest BCUT2D eigenvalue weighted by Gasteiger charge is 2.26. The van der Waals surface area contributed by atoms with E-state index in [4.69, 9.17) is 4.74 Å². The molecule has 0 aliphatic carbocycles. The number of carbonyl (C=O) groups is 1. The largest absolute Gasteiger partial charge is 0.383 e. The monoisotopic (exact) mass is 453 g/mol. The van der Waals surface area contributed by atoms with Crippen LogP contribution in [0.25, 0.3) is 0 Å². The summed E-state index contributed by atoms with van der Waals surface area (Å²) < 4.78 is 46.1. The van der Waals surface area contributed by atoms with Gasteiger partial charge in [0.1, 0.15) is 5.82 Å². The van der Waals surface area contributed by atoms with Crippen molar-refractivity contribution in [1.82, 2.24) is 14.5 Å². The molecule has 1 aromatic heterocycles. The summed E-state index contributed by atoms with van der Waals surface area (Å²) in [4.78, 5) is 18.6. The number of methoxy groups -OCH3 is 1. The topological polar surface area (TPSA) is 81.5 Å². The highest BCUT2D eigenvalue weighted by Crippen LogP contribution is 2.20. The lowest BCUT2D eigenvalue weighted by Crippen LogP contribution is -2.37. The van der Waals surface area contributed by atoms with E-state index in [9.17, 15) is 17.6 Å². The molecule has 0 radical (unpaired) electrons. The molecular formula is C22H32FN3O4S. The quantitative estimate of drug-likeness (QED) is 0.522. The Morgan fingerprint density at radius 1 is 1.19 bits per heavy atom. The number of ether oxygens (including phenoxy) is 1. The molecule has 0 bridgehead atoms. The predicted molar refractivity (Wildman–Crippen MR) is 116 cm³/mol. The fourth-order valence-electron chi connectivity index (χ4n) is 3.29. The molecule has 0 aliphatic rings. The summed E-state index contributed by atoms with van der Waals surface area (Å²) in [7, 11) is -2.25. The number of hydrogen-bond donors (Lipinski definition) is 0. The number of halogens is 1. The number of hydrogen-bond acceptors (Lipinski definition) is 5. The summed E-state index contributed by atoms with van der Waals surface area (Å²) in [5, 5.41) is -0.0784. The fourth-order valence-corrected chi connectivity index (χ4v) is 4.80. The van der Waals surface area contributed by atoms with Gasteiger partial charge in [-0.25, -0.2) is 17.8 Å². The van der Waals surface area contributed by atoms with Crippen molar-refractivity contribution < 1.29 is 22.3 Å². The summed E-state index contributed by atoms with van der Waals surface area (Å²) >= 11 is 0. The van der Waals surface area contributed by atoms with Crippen molar-refractivity contribution in [3.63, 3.8) is 0 Å².